The van der Waals surface area contributed by atoms with Crippen LogP contribution in [-0.4, -0.2) is 12.5 Å². The fourth-order valence-electron chi connectivity index (χ4n) is 3.76. The molecule has 0 spiro atoms. The van der Waals surface area contributed by atoms with E-state index in [9.17, 15) is 4.79 Å². The molecule has 1 saturated carbocycles. The molecule has 0 heterocycles. The third-order valence-corrected chi connectivity index (χ3v) is 6.74. The largest absolute Gasteiger partial charge is 0.355 e. The summed E-state index contributed by atoms with van der Waals surface area (Å²) in [7, 11) is 0. The van der Waals surface area contributed by atoms with E-state index in [1.54, 1.807) is 11.9 Å². The van der Waals surface area contributed by atoms with E-state index in [1.807, 2.05) is 0 Å². The quantitative estimate of drug-likeness (QED) is 0.362. The molecule has 1 aliphatic carbocycles. The molecule has 0 atom stereocenters. The molecule has 3 aromatic rings. The molecule has 4 heteroatoms. The van der Waals surface area contributed by atoms with Gasteiger partial charge in [-0.3, -0.25) is 9.52 Å². The van der Waals surface area contributed by atoms with E-state index in [2.05, 4.69) is 84.6 Å². The number of aryl methyl sites for hydroxylation is 2. The van der Waals surface area contributed by atoms with Gasteiger partial charge in [-0.15, -0.1) is 0 Å². The van der Waals surface area contributed by atoms with Crippen LogP contribution >= 0.6 is 11.9 Å². The summed E-state index contributed by atoms with van der Waals surface area (Å²) >= 11 is 1.75. The van der Waals surface area contributed by atoms with Crippen molar-refractivity contribution >= 4 is 29.1 Å². The maximum Gasteiger partial charge on any atom is 0.207 e. The number of carbonyl (C=O) groups excluding carboxylic acids is 1. The number of nitrogens with one attached hydrogen (secondary N) is 2. The molecule has 0 radical (unpaired) electrons. The van der Waals surface area contributed by atoms with Gasteiger partial charge in [0.1, 0.15) is 0 Å². The number of fused-ring (bicyclic) bond motifs is 1. The molecular formula is C26H32N2OS. The van der Waals surface area contributed by atoms with Gasteiger partial charge in [-0.1, -0.05) is 73.9 Å². The van der Waals surface area contributed by atoms with E-state index < -0.39 is 0 Å². The second kappa shape index (κ2) is 11.8. The second-order valence-corrected chi connectivity index (χ2v) is 8.79. The predicted octanol–water partition coefficient (Wildman–Crippen LogP) is 6.32. The Morgan fingerprint density at radius 2 is 1.50 bits per heavy atom. The molecule has 158 valence electrons. The fourth-order valence-corrected chi connectivity index (χ4v) is 4.71. The highest BCUT2D eigenvalue weighted by Crippen LogP contribution is 2.30. The minimum Gasteiger partial charge on any atom is -0.355 e. The summed E-state index contributed by atoms with van der Waals surface area (Å²) in [4.78, 5) is 11.8. The third-order valence-electron chi connectivity index (χ3n) is 5.72. The highest BCUT2D eigenvalue weighted by molar-refractivity contribution is 7.97. The maximum absolute atomic E-state index is 10.5. The van der Waals surface area contributed by atoms with E-state index in [4.69, 9.17) is 0 Å². The van der Waals surface area contributed by atoms with Gasteiger partial charge < -0.3 is 5.32 Å². The lowest BCUT2D eigenvalue weighted by atomic mass is 9.96. The average Bonchev–Trinajstić information content (AvgIpc) is 2.80. The Labute approximate surface area is 184 Å². The molecular weight excluding hydrogens is 388 g/mol. The molecule has 1 aliphatic rings. The molecule has 30 heavy (non-hydrogen) atoms. The lowest BCUT2D eigenvalue weighted by Gasteiger charge is -2.22. The van der Waals surface area contributed by atoms with Crippen molar-refractivity contribution in [2.45, 2.75) is 63.4 Å². The van der Waals surface area contributed by atoms with Crippen LogP contribution in [0, 0.1) is 13.8 Å². The summed E-state index contributed by atoms with van der Waals surface area (Å²) in [6.45, 7) is 4.82. The van der Waals surface area contributed by atoms with Gasteiger partial charge in [0.05, 0.1) is 0 Å². The topological polar surface area (TPSA) is 41.1 Å². The van der Waals surface area contributed by atoms with Crippen LogP contribution in [0.3, 0.4) is 0 Å². The highest BCUT2D eigenvalue weighted by atomic mass is 32.2. The number of rotatable bonds is 6. The Hall–Kier alpha value is -2.30. The highest BCUT2D eigenvalue weighted by Gasteiger charge is 2.14. The molecule has 3 nitrogen and oxygen atoms in total. The van der Waals surface area contributed by atoms with Gasteiger partial charge in [-0.05, 0) is 72.2 Å². The molecule has 3 aromatic carbocycles. The summed E-state index contributed by atoms with van der Waals surface area (Å²) in [5.41, 5.74) is 3.89. The van der Waals surface area contributed by atoms with Gasteiger partial charge >= 0.3 is 0 Å². The van der Waals surface area contributed by atoms with Crippen LogP contribution in [0.25, 0.3) is 10.8 Å². The van der Waals surface area contributed by atoms with Crippen molar-refractivity contribution < 1.29 is 4.79 Å². The number of hydrogen-bond donors (Lipinski definition) is 2. The summed E-state index contributed by atoms with van der Waals surface area (Å²) in [6, 6.07) is 21.7. The number of amides is 1. The smallest absolute Gasteiger partial charge is 0.207 e. The third kappa shape index (κ3) is 6.35. The number of hydrogen-bond acceptors (Lipinski definition) is 3. The molecule has 1 fully saturated rings. The Morgan fingerprint density at radius 3 is 2.13 bits per heavy atom. The van der Waals surface area contributed by atoms with Gasteiger partial charge in [0.2, 0.25) is 6.41 Å². The summed E-state index contributed by atoms with van der Waals surface area (Å²) in [5, 5.41) is 5.22. The van der Waals surface area contributed by atoms with E-state index in [1.165, 1.54) is 58.9 Å². The standard InChI is InChI=1S/C18H22N2OS.C8H10/c21-13-19-12-14-10-11-18(17-9-5-4-8-16(14)17)22-20-15-6-2-1-3-7-15;1-7-5-3-4-6-8(7)2/h4-5,8-11,13,15,20H,1-3,6-7,12H2,(H,19,21);3-6H,1-2H3. The molecule has 1 amide bonds. The van der Waals surface area contributed by atoms with E-state index in [0.29, 0.717) is 12.6 Å². The predicted molar refractivity (Wildman–Crippen MR) is 129 cm³/mol. The zero-order chi connectivity index (χ0) is 21.2. The summed E-state index contributed by atoms with van der Waals surface area (Å²) < 4.78 is 3.64. The fraction of sp³-hybridized carbons (Fsp3) is 0.346. The lowest BCUT2D eigenvalue weighted by molar-refractivity contribution is -0.109. The first-order valence-corrected chi connectivity index (χ1v) is 11.6. The van der Waals surface area contributed by atoms with E-state index in [-0.39, 0.29) is 0 Å². The Bertz CT molecular complexity index is 930. The Kier molecular flexibility index (Phi) is 8.79. The van der Waals surface area contributed by atoms with Crippen molar-refractivity contribution in [2.75, 3.05) is 0 Å². The van der Waals surface area contributed by atoms with Gasteiger partial charge in [0.25, 0.3) is 0 Å². The van der Waals surface area contributed by atoms with Gasteiger partial charge in [0, 0.05) is 17.5 Å². The van der Waals surface area contributed by atoms with Gasteiger partial charge in [-0.2, -0.15) is 0 Å². The maximum atomic E-state index is 10.5. The first kappa shape index (κ1) is 22.4. The average molecular weight is 421 g/mol. The Balaban J connectivity index is 0.000000269. The van der Waals surface area contributed by atoms with Crippen LogP contribution in [0.2, 0.25) is 0 Å². The molecule has 0 aromatic heterocycles. The zero-order valence-corrected chi connectivity index (χ0v) is 18.8. The molecule has 2 N–H and O–H groups in total. The van der Waals surface area contributed by atoms with Crippen LogP contribution in [0.15, 0.2) is 65.6 Å². The minimum absolute atomic E-state index is 0.574. The Morgan fingerprint density at radius 1 is 0.867 bits per heavy atom. The molecule has 0 unspecified atom stereocenters. The number of benzene rings is 3. The first-order valence-electron chi connectivity index (χ1n) is 10.8. The van der Waals surface area contributed by atoms with Crippen LogP contribution in [0.1, 0.15) is 48.8 Å². The molecule has 0 aliphatic heterocycles. The van der Waals surface area contributed by atoms with E-state index in [0.717, 1.165) is 12.0 Å². The lowest BCUT2D eigenvalue weighted by Crippen LogP contribution is -2.25. The van der Waals surface area contributed by atoms with Gasteiger partial charge in [-0.25, -0.2) is 0 Å². The normalized spacial score (nSPS) is 14.1. The van der Waals surface area contributed by atoms with Crippen LogP contribution in [-0.2, 0) is 11.3 Å². The molecule has 0 saturated heterocycles. The van der Waals surface area contributed by atoms with Crippen molar-refractivity contribution in [1.29, 1.82) is 0 Å². The number of carbonyl (C=O) groups is 1. The second-order valence-electron chi connectivity index (χ2n) is 7.91. The van der Waals surface area contributed by atoms with E-state index >= 15 is 0 Å². The van der Waals surface area contributed by atoms with Crippen LogP contribution < -0.4 is 10.0 Å². The molecule has 0 bridgehead atoms. The zero-order valence-electron chi connectivity index (χ0n) is 18.0. The van der Waals surface area contributed by atoms with Gasteiger partial charge in [0.15, 0.2) is 0 Å². The van der Waals surface area contributed by atoms with Crippen molar-refractivity contribution in [3.63, 3.8) is 0 Å². The summed E-state index contributed by atoms with van der Waals surface area (Å²) in [5.74, 6) is 0. The SMILES string of the molecule is Cc1ccccc1C.O=CNCc1ccc(SNC2CCCCC2)c2ccccc12. The van der Waals surface area contributed by atoms with Crippen molar-refractivity contribution in [2.24, 2.45) is 0 Å². The van der Waals surface area contributed by atoms with Crippen LogP contribution in [0.5, 0.6) is 0 Å². The molecule has 4 rings (SSSR count). The monoisotopic (exact) mass is 420 g/mol. The summed E-state index contributed by atoms with van der Waals surface area (Å²) in [6.07, 6.45) is 7.38. The van der Waals surface area contributed by atoms with Crippen molar-refractivity contribution in [3.05, 3.63) is 77.4 Å². The van der Waals surface area contributed by atoms with Crippen LogP contribution in [0.4, 0.5) is 0 Å². The van der Waals surface area contributed by atoms with Crippen molar-refractivity contribution in [1.82, 2.24) is 10.0 Å². The van der Waals surface area contributed by atoms with Crippen molar-refractivity contribution in [3.8, 4) is 0 Å². The minimum atomic E-state index is 0.574. The first-order chi connectivity index (χ1) is 14.7.